The number of hydrogen-bond donors (Lipinski definition) is 1. The second-order valence-corrected chi connectivity index (χ2v) is 7.10. The lowest BCUT2D eigenvalue weighted by Crippen LogP contribution is -2.07. The topological polar surface area (TPSA) is 85.1 Å². The minimum atomic E-state index is -0.470. The number of nitrogens with one attached hydrogen (secondary N) is 1. The molecule has 4 rings (SSSR count). The maximum Gasteiger partial charge on any atom is 0.270 e. The second-order valence-electron chi connectivity index (χ2n) is 6.24. The Labute approximate surface area is 170 Å². The van der Waals surface area contributed by atoms with E-state index in [9.17, 15) is 14.9 Å². The Morgan fingerprint density at radius 3 is 2.72 bits per heavy atom. The predicted octanol–water partition coefficient (Wildman–Crippen LogP) is 5.52. The molecule has 0 saturated carbocycles. The standard InChI is InChI=1S/C22H15N3O3S/c26-21(12-11-15-5-3-8-17(13-15)25(27)28)24-22-23-20(14-29-22)19-10-4-7-16-6-1-2-9-18(16)19/h1-14H,(H,23,24,26). The van der Waals surface area contributed by atoms with Crippen molar-refractivity contribution in [1.82, 2.24) is 4.98 Å². The van der Waals surface area contributed by atoms with E-state index >= 15 is 0 Å². The fourth-order valence-electron chi connectivity index (χ4n) is 2.96. The third-order valence-corrected chi connectivity index (χ3v) is 5.07. The summed E-state index contributed by atoms with van der Waals surface area (Å²) < 4.78 is 0. The van der Waals surface area contributed by atoms with Gasteiger partial charge in [-0.3, -0.25) is 20.2 Å². The van der Waals surface area contributed by atoms with Gasteiger partial charge < -0.3 is 0 Å². The summed E-state index contributed by atoms with van der Waals surface area (Å²) in [7, 11) is 0. The van der Waals surface area contributed by atoms with Crippen LogP contribution in [-0.2, 0) is 4.79 Å². The Balaban J connectivity index is 1.50. The third kappa shape index (κ3) is 4.20. The van der Waals surface area contributed by atoms with Gasteiger partial charge in [0.2, 0.25) is 5.91 Å². The number of fused-ring (bicyclic) bond motifs is 1. The zero-order chi connectivity index (χ0) is 20.2. The van der Waals surface area contributed by atoms with Crippen molar-refractivity contribution < 1.29 is 9.72 Å². The number of aromatic nitrogens is 1. The lowest BCUT2D eigenvalue weighted by Gasteiger charge is -2.03. The summed E-state index contributed by atoms with van der Waals surface area (Å²) in [4.78, 5) is 27.1. The molecule has 0 aliphatic carbocycles. The van der Waals surface area contributed by atoms with Gasteiger partial charge >= 0.3 is 0 Å². The molecule has 3 aromatic carbocycles. The van der Waals surface area contributed by atoms with Crippen LogP contribution >= 0.6 is 11.3 Å². The van der Waals surface area contributed by atoms with E-state index in [1.165, 1.54) is 35.6 Å². The number of nitrogens with zero attached hydrogens (tertiary/aromatic N) is 2. The molecule has 1 heterocycles. The zero-order valence-corrected chi connectivity index (χ0v) is 15.9. The van der Waals surface area contributed by atoms with Gasteiger partial charge in [-0.2, -0.15) is 0 Å². The van der Waals surface area contributed by atoms with Crippen molar-refractivity contribution in [2.75, 3.05) is 5.32 Å². The number of amides is 1. The van der Waals surface area contributed by atoms with Gasteiger partial charge in [-0.15, -0.1) is 11.3 Å². The molecule has 7 heteroatoms. The van der Waals surface area contributed by atoms with Gasteiger partial charge in [0.15, 0.2) is 5.13 Å². The van der Waals surface area contributed by atoms with Crippen molar-refractivity contribution >= 4 is 44.9 Å². The number of carbonyl (C=O) groups excluding carboxylic acids is 1. The van der Waals surface area contributed by atoms with Gasteiger partial charge in [0.05, 0.1) is 10.6 Å². The summed E-state index contributed by atoms with van der Waals surface area (Å²) in [6.07, 6.45) is 2.86. The summed E-state index contributed by atoms with van der Waals surface area (Å²) in [6, 6.07) is 20.2. The van der Waals surface area contributed by atoms with Crippen LogP contribution in [0, 0.1) is 10.1 Å². The number of carbonyl (C=O) groups is 1. The molecule has 0 bridgehead atoms. The average Bonchev–Trinajstić information content (AvgIpc) is 3.20. The Bertz CT molecular complexity index is 1240. The Morgan fingerprint density at radius 1 is 1.07 bits per heavy atom. The van der Waals surface area contributed by atoms with Crippen LogP contribution in [-0.4, -0.2) is 15.8 Å². The van der Waals surface area contributed by atoms with Gasteiger partial charge in [0, 0.05) is 29.2 Å². The van der Waals surface area contributed by atoms with Crippen molar-refractivity contribution in [3.63, 3.8) is 0 Å². The second kappa shape index (κ2) is 8.04. The normalized spacial score (nSPS) is 11.0. The van der Waals surface area contributed by atoms with Gasteiger partial charge in [-0.1, -0.05) is 54.6 Å². The number of nitro benzene ring substituents is 1. The smallest absolute Gasteiger partial charge is 0.270 e. The summed E-state index contributed by atoms with van der Waals surface area (Å²) in [5.74, 6) is -0.352. The fraction of sp³-hybridized carbons (Fsp3) is 0. The number of benzene rings is 3. The molecule has 0 aliphatic rings. The van der Waals surface area contributed by atoms with E-state index in [0.29, 0.717) is 10.7 Å². The van der Waals surface area contributed by atoms with E-state index in [-0.39, 0.29) is 11.6 Å². The van der Waals surface area contributed by atoms with Crippen LogP contribution in [0.5, 0.6) is 0 Å². The number of rotatable bonds is 5. The molecule has 0 unspecified atom stereocenters. The molecule has 0 radical (unpaired) electrons. The van der Waals surface area contributed by atoms with Gasteiger partial charge in [-0.25, -0.2) is 4.98 Å². The van der Waals surface area contributed by atoms with Crippen molar-refractivity contribution in [3.8, 4) is 11.3 Å². The van der Waals surface area contributed by atoms with Gasteiger partial charge in [0.25, 0.3) is 5.69 Å². The highest BCUT2D eigenvalue weighted by atomic mass is 32.1. The van der Waals surface area contributed by atoms with E-state index in [2.05, 4.69) is 10.3 Å². The first kappa shape index (κ1) is 18.5. The Hall–Kier alpha value is -3.84. The number of non-ortho nitro benzene ring substituents is 1. The molecular formula is C22H15N3O3S. The van der Waals surface area contributed by atoms with Crippen molar-refractivity contribution in [2.24, 2.45) is 0 Å². The highest BCUT2D eigenvalue weighted by Gasteiger charge is 2.09. The van der Waals surface area contributed by atoms with Crippen molar-refractivity contribution in [2.45, 2.75) is 0 Å². The first-order valence-electron chi connectivity index (χ1n) is 8.77. The number of nitro groups is 1. The third-order valence-electron chi connectivity index (χ3n) is 4.31. The van der Waals surface area contributed by atoms with E-state index in [1.54, 1.807) is 12.1 Å². The highest BCUT2D eigenvalue weighted by molar-refractivity contribution is 7.14. The fourth-order valence-corrected chi connectivity index (χ4v) is 3.68. The Kier molecular flexibility index (Phi) is 5.13. The molecule has 142 valence electrons. The molecule has 1 N–H and O–H groups in total. The Morgan fingerprint density at radius 2 is 1.86 bits per heavy atom. The molecule has 29 heavy (non-hydrogen) atoms. The van der Waals surface area contributed by atoms with Crippen LogP contribution in [0.3, 0.4) is 0 Å². The maximum atomic E-state index is 12.2. The predicted molar refractivity (Wildman–Crippen MR) is 116 cm³/mol. The molecule has 0 fully saturated rings. The SMILES string of the molecule is O=C(C=Cc1cccc([N+](=O)[O-])c1)Nc1nc(-c2cccc3ccccc23)cs1. The summed E-state index contributed by atoms with van der Waals surface area (Å²) >= 11 is 1.34. The summed E-state index contributed by atoms with van der Waals surface area (Å²) in [5, 5.41) is 18.2. The molecule has 6 nitrogen and oxygen atoms in total. The number of anilines is 1. The van der Waals surface area contributed by atoms with Crippen LogP contribution in [0.1, 0.15) is 5.56 Å². The summed E-state index contributed by atoms with van der Waals surface area (Å²) in [6.45, 7) is 0. The molecule has 1 aromatic heterocycles. The molecule has 0 atom stereocenters. The minimum Gasteiger partial charge on any atom is -0.298 e. The maximum absolute atomic E-state index is 12.2. The van der Waals surface area contributed by atoms with E-state index in [4.69, 9.17) is 0 Å². The number of hydrogen-bond acceptors (Lipinski definition) is 5. The largest absolute Gasteiger partial charge is 0.298 e. The van der Waals surface area contributed by atoms with E-state index < -0.39 is 4.92 Å². The van der Waals surface area contributed by atoms with Crippen LogP contribution in [0.25, 0.3) is 28.1 Å². The van der Waals surface area contributed by atoms with Crippen molar-refractivity contribution in [3.05, 3.63) is 93.9 Å². The van der Waals surface area contributed by atoms with E-state index in [0.717, 1.165) is 22.0 Å². The number of thiazole rings is 1. The quantitative estimate of drug-likeness (QED) is 0.271. The lowest BCUT2D eigenvalue weighted by molar-refractivity contribution is -0.384. The molecule has 0 saturated heterocycles. The molecule has 1 amide bonds. The monoisotopic (exact) mass is 401 g/mol. The minimum absolute atomic E-state index is 0.0211. The first-order chi connectivity index (χ1) is 14.1. The van der Waals surface area contributed by atoms with Gasteiger partial charge in [0.1, 0.15) is 0 Å². The summed E-state index contributed by atoms with van der Waals surface area (Å²) in [5.41, 5.74) is 2.36. The average molecular weight is 401 g/mol. The first-order valence-corrected chi connectivity index (χ1v) is 9.65. The molecule has 0 spiro atoms. The molecular weight excluding hydrogens is 386 g/mol. The van der Waals surface area contributed by atoms with Crippen LogP contribution in [0.15, 0.2) is 78.2 Å². The van der Waals surface area contributed by atoms with Crippen LogP contribution in [0.4, 0.5) is 10.8 Å². The van der Waals surface area contributed by atoms with Gasteiger partial charge in [-0.05, 0) is 22.4 Å². The molecule has 4 aromatic rings. The van der Waals surface area contributed by atoms with E-state index in [1.807, 2.05) is 47.8 Å². The zero-order valence-electron chi connectivity index (χ0n) is 15.1. The van der Waals surface area contributed by atoms with Crippen molar-refractivity contribution in [1.29, 1.82) is 0 Å². The highest BCUT2D eigenvalue weighted by Crippen LogP contribution is 2.30. The lowest BCUT2D eigenvalue weighted by atomic mass is 10.0. The van der Waals surface area contributed by atoms with Crippen LogP contribution in [0.2, 0.25) is 0 Å². The van der Waals surface area contributed by atoms with Crippen LogP contribution < -0.4 is 5.32 Å². The molecule has 0 aliphatic heterocycles.